The molecule has 0 aromatic carbocycles. The molecule has 4 heavy (non-hydrogen) atoms. The molecule has 0 aliphatic rings. The molecule has 0 aliphatic carbocycles. The van der Waals surface area contributed by atoms with Crippen LogP contribution in [0.4, 0.5) is 0 Å². The zero-order chi connectivity index (χ0) is 0. The van der Waals surface area contributed by atoms with Crippen molar-refractivity contribution >= 4 is 0 Å². The molecule has 0 unspecified atom stereocenters. The van der Waals surface area contributed by atoms with Gasteiger partial charge < -0.3 is 11.0 Å². The fourth-order valence-electron chi connectivity index (χ4n) is 0. The Morgan fingerprint density at radius 2 is 0.750 bits per heavy atom. The average Bonchev–Trinajstić information content (AvgIpc) is 0. The maximum Gasteiger partial charge on any atom is 3.00 e. The third-order valence-electron chi connectivity index (χ3n) is 0. The third-order valence-corrected chi connectivity index (χ3v) is 0. The molecule has 0 saturated heterocycles. The van der Waals surface area contributed by atoms with Crippen molar-refractivity contribution in [2.24, 2.45) is 0 Å². The number of hydrogen-bond acceptors (Lipinski definition) is 0. The van der Waals surface area contributed by atoms with E-state index in [1.165, 1.54) is 0 Å². The van der Waals surface area contributed by atoms with Gasteiger partial charge in [-0.2, -0.15) is 0 Å². The van der Waals surface area contributed by atoms with Crippen molar-refractivity contribution < 1.29 is 69.8 Å². The van der Waals surface area contributed by atoms with Gasteiger partial charge in [0.15, 0.2) is 0 Å². The molecule has 0 aliphatic heterocycles. The fraction of sp³-hybridized carbons (Fsp3) is 0. The standard InChI is InChI=1S/Ce.Fe.2O/q+3;+2;2*-2. The molecule has 0 N–H and O–H groups in total. The Balaban J connectivity index is 0. The van der Waals surface area contributed by atoms with E-state index in [0.29, 0.717) is 0 Å². The second kappa shape index (κ2) is 21.3. The fourth-order valence-corrected chi connectivity index (χ4v) is 0. The van der Waals surface area contributed by atoms with Gasteiger partial charge in [-0.15, -0.1) is 0 Å². The summed E-state index contributed by atoms with van der Waals surface area (Å²) in [4.78, 5) is 0. The molecule has 0 aromatic heterocycles. The number of rotatable bonds is 0. The Morgan fingerprint density at radius 3 is 0.750 bits per heavy atom. The molecular weight excluding hydrogens is 228 g/mol. The van der Waals surface area contributed by atoms with Crippen molar-refractivity contribution in [2.75, 3.05) is 0 Å². The second-order valence-electron chi connectivity index (χ2n) is 0. The summed E-state index contributed by atoms with van der Waals surface area (Å²) in [6.45, 7) is 0. The van der Waals surface area contributed by atoms with Crippen LogP contribution >= 0.6 is 0 Å². The Labute approximate surface area is 68.8 Å². The van der Waals surface area contributed by atoms with Crippen molar-refractivity contribution in [2.45, 2.75) is 0 Å². The van der Waals surface area contributed by atoms with E-state index in [1.807, 2.05) is 0 Å². The molecule has 23 valence electrons. The zero-order valence-corrected chi connectivity index (χ0v) is 5.91. The smallest absolute Gasteiger partial charge is 2.00 e. The maximum absolute atomic E-state index is 0. The van der Waals surface area contributed by atoms with Crippen LogP contribution in [0, 0.1) is 41.7 Å². The maximum atomic E-state index is 0. The minimum Gasteiger partial charge on any atom is -2.00 e. The largest absolute Gasteiger partial charge is 3.00 e. The summed E-state index contributed by atoms with van der Waals surface area (Å²) in [5.41, 5.74) is 0. The van der Waals surface area contributed by atoms with Crippen LogP contribution in [0.25, 0.3) is 0 Å². The van der Waals surface area contributed by atoms with Gasteiger partial charge >= 0.3 is 58.8 Å². The van der Waals surface area contributed by atoms with Crippen molar-refractivity contribution in [1.82, 2.24) is 0 Å². The van der Waals surface area contributed by atoms with E-state index in [-0.39, 0.29) is 69.8 Å². The predicted molar refractivity (Wildman–Crippen MR) is 1.37 cm³/mol. The minimum absolute atomic E-state index is 0. The van der Waals surface area contributed by atoms with Crippen molar-refractivity contribution in [1.29, 1.82) is 0 Å². The third kappa shape index (κ3) is 9.18. The van der Waals surface area contributed by atoms with Gasteiger partial charge in [-0.25, -0.2) is 0 Å². The van der Waals surface area contributed by atoms with E-state index in [2.05, 4.69) is 0 Å². The molecule has 0 atom stereocenters. The molecule has 0 fully saturated rings. The molecule has 0 aromatic rings. The molecule has 0 saturated carbocycles. The van der Waals surface area contributed by atoms with Gasteiger partial charge in [0, 0.05) is 0 Å². The van der Waals surface area contributed by atoms with Crippen LogP contribution in [-0.2, 0) is 28.0 Å². The second-order valence-corrected chi connectivity index (χ2v) is 0. The molecular formula is CeFeO2+. The van der Waals surface area contributed by atoms with E-state index in [4.69, 9.17) is 0 Å². The van der Waals surface area contributed by atoms with Crippen LogP contribution in [-0.4, -0.2) is 0 Å². The zero-order valence-electron chi connectivity index (χ0n) is 1.67. The summed E-state index contributed by atoms with van der Waals surface area (Å²) in [5, 5.41) is 0. The van der Waals surface area contributed by atoms with Gasteiger partial charge in [0.25, 0.3) is 0 Å². The first kappa shape index (κ1) is 40.9. The summed E-state index contributed by atoms with van der Waals surface area (Å²) in [6.07, 6.45) is 0. The quantitative estimate of drug-likeness (QED) is 0.514. The van der Waals surface area contributed by atoms with E-state index < -0.39 is 0 Å². The summed E-state index contributed by atoms with van der Waals surface area (Å²) < 4.78 is 0. The monoisotopic (exact) mass is 228 g/mol. The van der Waals surface area contributed by atoms with E-state index in [0.717, 1.165) is 0 Å². The molecule has 0 heterocycles. The van der Waals surface area contributed by atoms with Crippen LogP contribution < -0.4 is 0 Å². The molecule has 0 amide bonds. The first-order valence-corrected chi connectivity index (χ1v) is 0. The van der Waals surface area contributed by atoms with Gasteiger partial charge in [-0.3, -0.25) is 0 Å². The molecule has 0 bridgehead atoms. The van der Waals surface area contributed by atoms with Crippen LogP contribution in [0.2, 0.25) is 0 Å². The first-order chi connectivity index (χ1) is 0. The summed E-state index contributed by atoms with van der Waals surface area (Å²) >= 11 is 0. The minimum atomic E-state index is 0. The van der Waals surface area contributed by atoms with Gasteiger partial charge in [0.1, 0.15) is 0 Å². The normalized spacial score (nSPS) is 0. The van der Waals surface area contributed by atoms with Crippen molar-refractivity contribution in [3.8, 4) is 0 Å². The van der Waals surface area contributed by atoms with Gasteiger partial charge in [0.05, 0.1) is 0 Å². The van der Waals surface area contributed by atoms with Crippen molar-refractivity contribution in [3.63, 3.8) is 0 Å². The van der Waals surface area contributed by atoms with E-state index in [1.54, 1.807) is 0 Å². The predicted octanol–water partition coefficient (Wildman–Crippen LogP) is -0.240. The average molecular weight is 228 g/mol. The molecule has 4 heteroatoms. The van der Waals surface area contributed by atoms with Gasteiger partial charge in [-0.1, -0.05) is 0 Å². The Kier molecular flexibility index (Phi) is 217. The summed E-state index contributed by atoms with van der Waals surface area (Å²) in [5.74, 6) is 0. The van der Waals surface area contributed by atoms with Crippen LogP contribution in [0.5, 0.6) is 0 Å². The first-order valence-electron chi connectivity index (χ1n) is 0. The molecule has 0 spiro atoms. The number of hydrogen-bond donors (Lipinski definition) is 0. The van der Waals surface area contributed by atoms with E-state index in [9.17, 15) is 0 Å². The Morgan fingerprint density at radius 1 is 0.750 bits per heavy atom. The molecule has 1 radical (unpaired) electrons. The Bertz CT molecular complexity index is 6.00. The van der Waals surface area contributed by atoms with Gasteiger partial charge in [0.2, 0.25) is 0 Å². The summed E-state index contributed by atoms with van der Waals surface area (Å²) in [6, 6.07) is 0. The topological polar surface area (TPSA) is 57.0 Å². The Hall–Kier alpha value is 1.82. The van der Waals surface area contributed by atoms with Gasteiger partial charge in [-0.05, 0) is 0 Å². The van der Waals surface area contributed by atoms with Crippen LogP contribution in [0.15, 0.2) is 0 Å². The van der Waals surface area contributed by atoms with Crippen LogP contribution in [0.1, 0.15) is 0 Å². The SMILES string of the molecule is [Ce+3].[Fe+2].[O-2].[O-2]. The van der Waals surface area contributed by atoms with E-state index >= 15 is 0 Å². The van der Waals surface area contributed by atoms with Crippen molar-refractivity contribution in [3.05, 3.63) is 0 Å². The summed E-state index contributed by atoms with van der Waals surface area (Å²) in [7, 11) is 0. The van der Waals surface area contributed by atoms with Crippen LogP contribution in [0.3, 0.4) is 0 Å². The molecule has 2 nitrogen and oxygen atoms in total. The molecule has 0 rings (SSSR count).